The highest BCUT2D eigenvalue weighted by Gasteiger charge is 2.31. The van der Waals surface area contributed by atoms with Gasteiger partial charge in [0.1, 0.15) is 5.82 Å². The van der Waals surface area contributed by atoms with Crippen molar-refractivity contribution in [1.82, 2.24) is 19.3 Å². The third kappa shape index (κ3) is 4.19. The zero-order valence-electron chi connectivity index (χ0n) is 17.9. The number of aryl methyl sites for hydroxylation is 1. The smallest absolute Gasteiger partial charge is 0.236 e. The van der Waals surface area contributed by atoms with Crippen LogP contribution in [0.4, 0.5) is 4.39 Å². The van der Waals surface area contributed by atoms with Crippen LogP contribution >= 0.6 is 0 Å². The molecule has 0 spiro atoms. The van der Waals surface area contributed by atoms with Crippen LogP contribution in [0.5, 0.6) is 0 Å². The number of aromatic nitrogens is 1. The van der Waals surface area contributed by atoms with Crippen molar-refractivity contribution in [3.8, 4) is 0 Å². The third-order valence-electron chi connectivity index (χ3n) is 6.63. The van der Waals surface area contributed by atoms with E-state index in [4.69, 9.17) is 0 Å². The number of fused-ring (bicyclic) bond motifs is 1. The van der Waals surface area contributed by atoms with Gasteiger partial charge in [-0.3, -0.25) is 9.69 Å². The van der Waals surface area contributed by atoms with Gasteiger partial charge in [-0.15, -0.1) is 0 Å². The number of hydrogen-bond donors (Lipinski definition) is 0. The van der Waals surface area contributed by atoms with Crippen LogP contribution in [-0.2, 0) is 4.79 Å². The van der Waals surface area contributed by atoms with Gasteiger partial charge in [-0.2, -0.15) is 0 Å². The Kier molecular flexibility index (Phi) is 5.93. The molecule has 0 saturated carbocycles. The van der Waals surface area contributed by atoms with Crippen LogP contribution in [0.1, 0.15) is 37.3 Å². The molecule has 1 atom stereocenters. The molecule has 29 heavy (non-hydrogen) atoms. The zero-order valence-corrected chi connectivity index (χ0v) is 17.9. The van der Waals surface area contributed by atoms with E-state index >= 15 is 0 Å². The summed E-state index contributed by atoms with van der Waals surface area (Å²) < 4.78 is 16.5. The average Bonchev–Trinajstić information content (AvgIpc) is 3.17. The molecule has 2 aliphatic heterocycles. The fraction of sp³-hybridized carbons (Fsp3) is 0.609. The highest BCUT2D eigenvalue weighted by atomic mass is 19.1. The van der Waals surface area contributed by atoms with Crippen molar-refractivity contribution in [3.05, 3.63) is 35.8 Å². The third-order valence-corrected chi connectivity index (χ3v) is 6.63. The van der Waals surface area contributed by atoms with Crippen LogP contribution in [0.3, 0.4) is 0 Å². The minimum atomic E-state index is -0.133. The summed E-state index contributed by atoms with van der Waals surface area (Å²) in [6.07, 6.45) is 6.46. The Morgan fingerprint density at radius 2 is 1.86 bits per heavy atom. The van der Waals surface area contributed by atoms with Crippen molar-refractivity contribution in [2.45, 2.75) is 44.7 Å². The van der Waals surface area contributed by atoms with Gasteiger partial charge in [0.15, 0.2) is 0 Å². The van der Waals surface area contributed by atoms with Gasteiger partial charge in [-0.25, -0.2) is 4.39 Å². The van der Waals surface area contributed by atoms with Gasteiger partial charge in [0.2, 0.25) is 5.91 Å². The first-order valence-corrected chi connectivity index (χ1v) is 10.9. The molecule has 1 aromatic carbocycles. The second-order valence-corrected chi connectivity index (χ2v) is 8.99. The molecule has 3 heterocycles. The summed E-state index contributed by atoms with van der Waals surface area (Å²) in [4.78, 5) is 18.9. The number of likely N-dealkylation sites (tertiary alicyclic amines) is 2. The zero-order chi connectivity index (χ0) is 20.5. The number of halogens is 1. The number of benzene rings is 1. The summed E-state index contributed by atoms with van der Waals surface area (Å²) in [5.41, 5.74) is 2.18. The lowest BCUT2D eigenvalue weighted by Crippen LogP contribution is -2.50. The molecule has 0 unspecified atom stereocenters. The monoisotopic (exact) mass is 400 g/mol. The number of carbonyl (C=O) groups is 1. The maximum atomic E-state index is 14.2. The molecule has 2 fully saturated rings. The number of amides is 1. The summed E-state index contributed by atoms with van der Waals surface area (Å²) in [5, 5.41) is 0.731. The molecule has 1 amide bonds. The van der Waals surface area contributed by atoms with Crippen LogP contribution in [0.15, 0.2) is 24.4 Å². The SMILES string of the molecule is Cc1ccc(F)c2ccn([C@H]3CCCN(C4CCN(C(=O)CN(C)C)CC4)C3)c12. The summed E-state index contributed by atoms with van der Waals surface area (Å²) in [6, 6.07) is 6.30. The second-order valence-electron chi connectivity index (χ2n) is 8.99. The first-order chi connectivity index (χ1) is 13.9. The van der Waals surface area contributed by atoms with Crippen molar-refractivity contribution in [2.75, 3.05) is 46.8 Å². The molecule has 0 radical (unpaired) electrons. The molecular weight excluding hydrogens is 367 g/mol. The summed E-state index contributed by atoms with van der Waals surface area (Å²) in [5.74, 6) is 0.105. The van der Waals surface area contributed by atoms with Crippen LogP contribution < -0.4 is 0 Å². The first-order valence-electron chi connectivity index (χ1n) is 10.9. The van der Waals surface area contributed by atoms with Crippen LogP contribution in [0, 0.1) is 12.7 Å². The molecule has 5 nitrogen and oxygen atoms in total. The molecule has 2 aromatic rings. The van der Waals surface area contributed by atoms with Crippen LogP contribution in [0.25, 0.3) is 10.9 Å². The first kappa shape index (κ1) is 20.4. The van der Waals surface area contributed by atoms with Crippen molar-refractivity contribution in [3.63, 3.8) is 0 Å². The van der Waals surface area contributed by atoms with Gasteiger partial charge in [0.25, 0.3) is 0 Å². The number of likely N-dealkylation sites (N-methyl/N-ethyl adjacent to an activating group) is 1. The molecular formula is C23H33FN4O. The fourth-order valence-corrected chi connectivity index (χ4v) is 5.12. The predicted octanol–water partition coefficient (Wildman–Crippen LogP) is 3.28. The van der Waals surface area contributed by atoms with Crippen molar-refractivity contribution >= 4 is 16.8 Å². The van der Waals surface area contributed by atoms with Gasteiger partial charge in [0.05, 0.1) is 12.1 Å². The quantitative estimate of drug-likeness (QED) is 0.789. The van der Waals surface area contributed by atoms with E-state index in [-0.39, 0.29) is 11.7 Å². The lowest BCUT2D eigenvalue weighted by molar-refractivity contribution is -0.133. The molecule has 2 saturated heterocycles. The van der Waals surface area contributed by atoms with E-state index in [1.807, 2.05) is 36.0 Å². The summed E-state index contributed by atoms with van der Waals surface area (Å²) in [7, 11) is 3.88. The molecule has 0 bridgehead atoms. The maximum Gasteiger partial charge on any atom is 0.236 e. The number of carbonyl (C=O) groups excluding carboxylic acids is 1. The Morgan fingerprint density at radius 3 is 2.59 bits per heavy atom. The average molecular weight is 401 g/mol. The Labute approximate surface area is 173 Å². The van der Waals surface area contributed by atoms with E-state index in [0.717, 1.165) is 61.9 Å². The Hall–Kier alpha value is -1.92. The minimum Gasteiger partial charge on any atom is -0.343 e. The van der Waals surface area contributed by atoms with E-state index in [1.165, 1.54) is 6.42 Å². The topological polar surface area (TPSA) is 31.7 Å². The molecule has 1 aromatic heterocycles. The number of hydrogen-bond acceptors (Lipinski definition) is 3. The standard InChI is InChI=1S/C23H33FN4O/c1-17-6-7-21(24)20-10-14-28(23(17)20)19-5-4-11-27(15-19)18-8-12-26(13-9-18)22(29)16-25(2)3/h6-7,10,14,18-19H,4-5,8-9,11-13,15-16H2,1-3H3/t19-/m0/s1. The number of rotatable bonds is 4. The predicted molar refractivity (Wildman–Crippen MR) is 115 cm³/mol. The van der Waals surface area contributed by atoms with Crippen molar-refractivity contribution < 1.29 is 9.18 Å². The van der Waals surface area contributed by atoms with Gasteiger partial charge in [0, 0.05) is 43.3 Å². The lowest BCUT2D eigenvalue weighted by atomic mass is 9.97. The molecule has 4 rings (SSSR count). The normalized spacial score (nSPS) is 22.0. The van der Waals surface area contributed by atoms with E-state index in [1.54, 1.807) is 6.07 Å². The van der Waals surface area contributed by atoms with Gasteiger partial charge in [-0.1, -0.05) is 6.07 Å². The van der Waals surface area contributed by atoms with E-state index < -0.39 is 0 Å². The molecule has 0 aliphatic carbocycles. The maximum absolute atomic E-state index is 14.2. The van der Waals surface area contributed by atoms with Crippen LogP contribution in [0.2, 0.25) is 0 Å². The summed E-state index contributed by atoms with van der Waals surface area (Å²) in [6.45, 7) is 6.41. The number of piperidine rings is 2. The van der Waals surface area contributed by atoms with E-state index in [2.05, 4.69) is 22.6 Å². The minimum absolute atomic E-state index is 0.133. The Balaban J connectivity index is 1.42. The van der Waals surface area contributed by atoms with Gasteiger partial charge >= 0.3 is 0 Å². The molecule has 0 N–H and O–H groups in total. The van der Waals surface area contributed by atoms with Crippen molar-refractivity contribution in [1.29, 1.82) is 0 Å². The van der Waals surface area contributed by atoms with E-state index in [0.29, 0.717) is 18.6 Å². The highest BCUT2D eigenvalue weighted by molar-refractivity contribution is 5.84. The van der Waals surface area contributed by atoms with Gasteiger partial charge in [-0.05, 0) is 70.9 Å². The fourth-order valence-electron chi connectivity index (χ4n) is 5.12. The van der Waals surface area contributed by atoms with Crippen LogP contribution in [-0.4, -0.2) is 78.0 Å². The highest BCUT2D eigenvalue weighted by Crippen LogP contribution is 2.32. The van der Waals surface area contributed by atoms with Crippen molar-refractivity contribution in [2.24, 2.45) is 0 Å². The Bertz CT molecular complexity index is 869. The summed E-state index contributed by atoms with van der Waals surface area (Å²) >= 11 is 0. The Morgan fingerprint density at radius 1 is 1.10 bits per heavy atom. The van der Waals surface area contributed by atoms with E-state index in [9.17, 15) is 9.18 Å². The molecule has 158 valence electrons. The largest absolute Gasteiger partial charge is 0.343 e. The second kappa shape index (κ2) is 8.44. The van der Waals surface area contributed by atoms with Gasteiger partial charge < -0.3 is 14.4 Å². The molecule has 2 aliphatic rings. The lowest BCUT2D eigenvalue weighted by Gasteiger charge is -2.43. The molecule has 6 heteroatoms. The number of nitrogens with zero attached hydrogens (tertiary/aromatic N) is 4.